The Balaban J connectivity index is 0.000000243. The van der Waals surface area contributed by atoms with Crippen LogP contribution < -0.4 is 18.9 Å². The van der Waals surface area contributed by atoms with Gasteiger partial charge in [0.15, 0.2) is 0 Å². The van der Waals surface area contributed by atoms with E-state index >= 15 is 0 Å². The maximum Gasteiger partial charge on any atom is 0.416 e. The van der Waals surface area contributed by atoms with Crippen molar-refractivity contribution < 1.29 is 92.1 Å². The second kappa shape index (κ2) is 36.8. The van der Waals surface area contributed by atoms with Crippen LogP contribution in [0.1, 0.15) is 181 Å². The van der Waals surface area contributed by atoms with Gasteiger partial charge in [-0.15, -0.1) is 0 Å². The number of hydrogen-bond donors (Lipinski definition) is 4. The third-order valence-corrected chi connectivity index (χ3v) is 22.0. The monoisotopic (exact) mass is 1720 g/mol. The van der Waals surface area contributed by atoms with Gasteiger partial charge < -0.3 is 39.4 Å². The molecule has 20 heteroatoms. The van der Waals surface area contributed by atoms with Crippen molar-refractivity contribution in [2.75, 3.05) is 26.4 Å². The van der Waals surface area contributed by atoms with Crippen LogP contribution in [0, 0.1) is 34.6 Å². The molecule has 8 nitrogen and oxygen atoms in total. The fourth-order valence-electron chi connectivity index (χ4n) is 15.3. The van der Waals surface area contributed by atoms with Crippen LogP contribution in [0.4, 0.5) is 52.7 Å². The third kappa shape index (κ3) is 22.5. The van der Waals surface area contributed by atoms with Crippen LogP contribution in [0.5, 0.6) is 46.0 Å². The van der Waals surface area contributed by atoms with Crippen LogP contribution in [0.2, 0.25) is 0 Å². The SMILES string of the molecule is Cc1cc(-c2cc(C(C)(C)C)cc(C(C)(C)C)c2)c(O)c(-c2ccccc2OCCCCCOc2ccccc2-c2cc(C)cc(-c3cc(C(C)(C)C)cc(C(C)(C)C)c3C)c2O)c1.Cc1cc(-c2cc(C(F)(F)F)cc(C(F)(F)F)c2)c(O)c(-c2ccccc2OCCCOc2ccccc2-c2cc(C)cc(-c3cc(C(F)(F)F)cc(C(F)(F)F)c3)c2O)c1. The van der Waals surface area contributed by atoms with Crippen LogP contribution in [0.15, 0.2) is 212 Å². The fourth-order valence-corrected chi connectivity index (χ4v) is 15.3. The molecular formula is C105H106F12O8. The summed E-state index contributed by atoms with van der Waals surface area (Å²) in [6.07, 6.45) is -17.6. The molecule has 0 bridgehead atoms. The summed E-state index contributed by atoms with van der Waals surface area (Å²) in [5.41, 5.74) is 9.01. The Labute approximate surface area is 724 Å². The normalized spacial score (nSPS) is 12.4. The lowest BCUT2D eigenvalue weighted by atomic mass is 9.76. The molecule has 0 saturated carbocycles. The molecule has 0 radical (unpaired) electrons. The van der Waals surface area contributed by atoms with Gasteiger partial charge in [-0.25, -0.2) is 0 Å². The summed E-state index contributed by atoms with van der Waals surface area (Å²) >= 11 is 0. The van der Waals surface area contributed by atoms with Crippen molar-refractivity contribution in [2.24, 2.45) is 0 Å². The molecule has 12 rings (SSSR count). The molecule has 0 unspecified atom stereocenters. The summed E-state index contributed by atoms with van der Waals surface area (Å²) in [6, 6.07) is 55.9. The van der Waals surface area contributed by atoms with E-state index in [1.54, 1.807) is 62.4 Å². The van der Waals surface area contributed by atoms with Gasteiger partial charge in [-0.2, -0.15) is 52.7 Å². The number of aromatic hydroxyl groups is 4. The summed E-state index contributed by atoms with van der Waals surface area (Å²) in [5.74, 6) is 1.27. The summed E-state index contributed by atoms with van der Waals surface area (Å²) in [4.78, 5) is 0. The highest BCUT2D eigenvalue weighted by Crippen LogP contribution is 2.52. The molecule has 4 N–H and O–H groups in total. The Morgan fingerprint density at radius 3 is 0.712 bits per heavy atom. The van der Waals surface area contributed by atoms with Gasteiger partial charge in [0.2, 0.25) is 0 Å². The summed E-state index contributed by atoms with van der Waals surface area (Å²) in [7, 11) is 0. The van der Waals surface area contributed by atoms with Gasteiger partial charge in [-0.1, -0.05) is 186 Å². The molecule has 0 aliphatic carbocycles. The van der Waals surface area contributed by atoms with Crippen molar-refractivity contribution in [1.82, 2.24) is 0 Å². The maximum absolute atomic E-state index is 13.7. The molecule has 0 heterocycles. The lowest BCUT2D eigenvalue weighted by Crippen LogP contribution is -2.18. The number of aryl methyl sites for hydroxylation is 4. The van der Waals surface area contributed by atoms with Crippen LogP contribution in [-0.2, 0) is 46.4 Å². The molecule has 125 heavy (non-hydrogen) atoms. The number of hydrogen-bond acceptors (Lipinski definition) is 8. The molecule has 0 spiro atoms. The third-order valence-electron chi connectivity index (χ3n) is 22.0. The van der Waals surface area contributed by atoms with Crippen molar-refractivity contribution in [3.63, 3.8) is 0 Å². The number of rotatable bonds is 22. The summed E-state index contributed by atoms with van der Waals surface area (Å²) in [6.45, 7) is 37.5. The van der Waals surface area contributed by atoms with Gasteiger partial charge in [-0.3, -0.25) is 0 Å². The highest BCUT2D eigenvalue weighted by Gasteiger charge is 2.40. The topological polar surface area (TPSA) is 118 Å². The summed E-state index contributed by atoms with van der Waals surface area (Å²) in [5, 5.41) is 46.8. The highest BCUT2D eigenvalue weighted by molar-refractivity contribution is 5.90. The minimum absolute atomic E-state index is 0.00576. The first-order valence-corrected chi connectivity index (χ1v) is 41.4. The van der Waals surface area contributed by atoms with Crippen molar-refractivity contribution in [1.29, 1.82) is 0 Å². The Morgan fingerprint density at radius 1 is 0.224 bits per heavy atom. The predicted octanol–water partition coefficient (Wildman–Crippen LogP) is 30.8. The van der Waals surface area contributed by atoms with Crippen molar-refractivity contribution in [3.8, 4) is 135 Å². The van der Waals surface area contributed by atoms with Gasteiger partial charge in [0.1, 0.15) is 46.0 Å². The molecule has 0 fully saturated rings. The largest absolute Gasteiger partial charge is 0.507 e. The Bertz CT molecular complexity index is 5650. The molecule has 0 aliphatic heterocycles. The van der Waals surface area contributed by atoms with E-state index in [1.165, 1.54) is 52.1 Å². The van der Waals surface area contributed by atoms with E-state index in [9.17, 15) is 73.1 Å². The Hall–Kier alpha value is -11.8. The van der Waals surface area contributed by atoms with E-state index in [1.807, 2.05) is 48.5 Å². The molecule has 0 amide bonds. The van der Waals surface area contributed by atoms with Crippen LogP contribution in [0.3, 0.4) is 0 Å². The molecule has 0 aliphatic rings. The number of halogens is 12. The molecule has 12 aromatic rings. The first-order valence-electron chi connectivity index (χ1n) is 41.4. The number of benzene rings is 12. The molecule has 658 valence electrons. The van der Waals surface area contributed by atoms with Crippen molar-refractivity contribution in [2.45, 2.75) is 190 Å². The zero-order valence-electron chi connectivity index (χ0n) is 73.3. The van der Waals surface area contributed by atoms with Crippen LogP contribution in [0.25, 0.3) is 89.0 Å². The van der Waals surface area contributed by atoms with Crippen molar-refractivity contribution >= 4 is 0 Å². The van der Waals surface area contributed by atoms with E-state index in [-0.39, 0.29) is 110 Å². The number of para-hydroxylation sites is 4. The Kier molecular flexibility index (Phi) is 27.6. The fraction of sp³-hybridized carbons (Fsp3) is 0.314. The minimum atomic E-state index is -5.11. The van der Waals surface area contributed by atoms with Gasteiger partial charge >= 0.3 is 24.7 Å². The van der Waals surface area contributed by atoms with E-state index in [4.69, 9.17) is 18.9 Å². The number of alkyl halides is 12. The molecule has 12 aromatic carbocycles. The minimum Gasteiger partial charge on any atom is -0.507 e. The van der Waals surface area contributed by atoms with E-state index in [0.717, 1.165) is 86.4 Å². The molecule has 0 atom stereocenters. The maximum atomic E-state index is 13.7. The zero-order valence-corrected chi connectivity index (χ0v) is 73.3. The lowest BCUT2D eigenvalue weighted by molar-refractivity contribution is -0.144. The molecular weight excluding hydrogens is 1620 g/mol. The van der Waals surface area contributed by atoms with E-state index in [2.05, 4.69) is 158 Å². The van der Waals surface area contributed by atoms with Gasteiger partial charge in [-0.05, 0) is 257 Å². The van der Waals surface area contributed by atoms with Gasteiger partial charge in [0.25, 0.3) is 0 Å². The van der Waals surface area contributed by atoms with Crippen LogP contribution in [-0.4, -0.2) is 46.9 Å². The number of phenolic OH excluding ortho intramolecular Hbond substituents is 4. The average Bonchev–Trinajstić information content (AvgIpc) is 0.776. The summed E-state index contributed by atoms with van der Waals surface area (Å²) < 4.78 is 189. The van der Waals surface area contributed by atoms with Crippen molar-refractivity contribution in [3.05, 3.63) is 285 Å². The lowest BCUT2D eigenvalue weighted by Gasteiger charge is -2.29. The zero-order chi connectivity index (χ0) is 91.6. The Morgan fingerprint density at radius 2 is 0.448 bits per heavy atom. The first kappa shape index (κ1) is 93.9. The number of ether oxygens (including phenoxy) is 4. The van der Waals surface area contributed by atoms with E-state index in [0.29, 0.717) is 48.6 Å². The smallest absolute Gasteiger partial charge is 0.416 e. The average molecular weight is 1720 g/mol. The standard InChI is InChI=1S/C60H74O4.C45H32F12O4/c1-38-29-48(41-33-42(57(4,5)6)35-43(34-41)58(7,8)9)55(61)49(30-38)45-23-17-19-25-53(45)63-27-21-16-22-28-64-54-26-20-18-24-46(54)50-31-39(2)32-51(56(50)62)47-36-44(59(10,11)12)37-52(40(47)3)60(13,14)15;1-24-14-34(26-18-28(42(46,47)48)22-29(19-26)43(49,50)51)40(58)36(16-24)32-8-3-5-10-38(32)60-12-7-13-61-39-11-6-4-9-33(39)37-17-25(2)15-35(41(37)59)27-20-30(44(52,53)54)23-31(21-27)45(55,56)57/h17-20,23-26,29-37,61-62H,16,21-22,27-28H2,1-15H3;3-6,8-11,14-23,58-59H,7,12-13H2,1-2H3. The number of unbranched alkanes of at least 4 members (excludes halogenated alkanes) is 2. The van der Waals surface area contributed by atoms with Crippen LogP contribution >= 0.6 is 0 Å². The highest BCUT2D eigenvalue weighted by atomic mass is 19.4. The molecule has 0 aromatic heterocycles. The van der Waals surface area contributed by atoms with E-state index < -0.39 is 69.6 Å². The van der Waals surface area contributed by atoms with Gasteiger partial charge in [0, 0.05) is 73.2 Å². The second-order valence-corrected chi connectivity index (χ2v) is 36.2. The number of phenols is 4. The molecule has 0 saturated heterocycles. The second-order valence-electron chi connectivity index (χ2n) is 36.2. The quantitative estimate of drug-likeness (QED) is 0.0392. The van der Waals surface area contributed by atoms with Gasteiger partial charge in [0.05, 0.1) is 48.7 Å². The predicted molar refractivity (Wildman–Crippen MR) is 475 cm³/mol. The first-order chi connectivity index (χ1) is 58.3.